The van der Waals surface area contributed by atoms with E-state index < -0.39 is 10.5 Å². The number of hydrogen-bond donors (Lipinski definition) is 0. The van der Waals surface area contributed by atoms with Gasteiger partial charge in [-0.05, 0) is 0 Å². The van der Waals surface area contributed by atoms with Crippen LogP contribution in [0, 0.1) is 0 Å². The van der Waals surface area contributed by atoms with Gasteiger partial charge in [-0.1, -0.05) is 0 Å². The molecule has 0 N–H and O–H groups in total. The van der Waals surface area contributed by atoms with Crippen LogP contribution in [0.1, 0.15) is 0 Å². The van der Waals surface area contributed by atoms with E-state index in [2.05, 4.69) is 43.8 Å². The molecule has 0 heterocycles. The molecule has 0 aromatic heterocycles. The molecule has 0 aliphatic rings. The minimum atomic E-state index is -0.976. The van der Waals surface area contributed by atoms with Crippen LogP contribution in [0.4, 0.5) is 0 Å². The molecule has 0 saturated carbocycles. The monoisotopic (exact) mass is 370 g/mol. The van der Waals surface area contributed by atoms with Gasteiger partial charge in [0.2, 0.25) is 0 Å². The summed E-state index contributed by atoms with van der Waals surface area (Å²) in [5, 5.41) is -1.95. The molecule has 0 rings (SSSR count). The standard InChI is InChI=1S/2C2H7PS2.Sn/c2*1-3(2,4)5;/h2*1-2H3,(H,4,5);/q;;+2/p-2. The van der Waals surface area contributed by atoms with Crippen molar-refractivity contribution in [2.45, 2.75) is 0 Å². The van der Waals surface area contributed by atoms with E-state index in [1.807, 2.05) is 0 Å². The average Bonchev–Trinajstić information content (AvgIpc) is 1.55. The molecule has 0 spiro atoms. The second-order valence-electron chi connectivity index (χ2n) is 2.77. The first-order chi connectivity index (χ1) is 4.71. The van der Waals surface area contributed by atoms with Gasteiger partial charge in [0.1, 0.15) is 0 Å². The van der Waals surface area contributed by atoms with Crippen molar-refractivity contribution < 1.29 is 0 Å². The van der Waals surface area contributed by atoms with Crippen molar-refractivity contribution in [3.8, 4) is 0 Å². The number of hydrogen-bond acceptors (Lipinski definition) is 4. The van der Waals surface area contributed by atoms with Gasteiger partial charge in [0, 0.05) is 0 Å². The van der Waals surface area contributed by atoms with Gasteiger partial charge < -0.3 is 0 Å². The minimum absolute atomic E-state index is 0.334. The van der Waals surface area contributed by atoms with Gasteiger partial charge in [-0.2, -0.15) is 0 Å². The van der Waals surface area contributed by atoms with E-state index >= 15 is 0 Å². The second kappa shape index (κ2) is 5.62. The summed E-state index contributed by atoms with van der Waals surface area (Å²) in [5.74, 6) is 0. The third-order valence-corrected chi connectivity index (χ3v) is 49.0. The van der Waals surface area contributed by atoms with Crippen LogP contribution in [0.2, 0.25) is 0 Å². The summed E-state index contributed by atoms with van der Waals surface area (Å²) >= 11 is 10.4. The van der Waals surface area contributed by atoms with Crippen LogP contribution in [-0.2, 0) is 23.6 Å². The molecule has 0 saturated heterocycles. The molecule has 0 bridgehead atoms. The van der Waals surface area contributed by atoms with Crippen LogP contribution in [0.3, 0.4) is 0 Å². The second-order valence-corrected chi connectivity index (χ2v) is 35.9. The van der Waals surface area contributed by atoms with Gasteiger partial charge in [0.15, 0.2) is 0 Å². The van der Waals surface area contributed by atoms with Gasteiger partial charge in [0.25, 0.3) is 0 Å². The Morgan fingerprint density at radius 1 is 0.909 bits per heavy atom. The van der Waals surface area contributed by atoms with E-state index in [4.69, 9.17) is 23.6 Å². The Morgan fingerprint density at radius 2 is 1.18 bits per heavy atom. The summed E-state index contributed by atoms with van der Waals surface area (Å²) in [7, 11) is 4.16. The molecule has 0 aliphatic heterocycles. The van der Waals surface area contributed by atoms with Gasteiger partial charge in [0.05, 0.1) is 0 Å². The quantitative estimate of drug-likeness (QED) is 0.551. The first-order valence-corrected chi connectivity index (χ1v) is 20.2. The molecule has 0 nitrogen and oxygen atoms in total. The SMILES string of the molecule is CP(C)(=S)[S][Sn][S]P(C)(C)=S. The van der Waals surface area contributed by atoms with Crippen molar-refractivity contribution >= 4 is 69.6 Å². The average molecular weight is 369 g/mol. The van der Waals surface area contributed by atoms with Crippen molar-refractivity contribution in [2.75, 3.05) is 26.7 Å². The zero-order chi connectivity index (χ0) is 9.12. The van der Waals surface area contributed by atoms with Gasteiger partial charge in [-0.15, -0.1) is 0 Å². The molecule has 0 aliphatic carbocycles. The first kappa shape index (κ1) is 13.8. The number of rotatable bonds is 4. The molecule has 0 unspecified atom stereocenters. The summed E-state index contributed by atoms with van der Waals surface area (Å²) in [6, 6.07) is 0. The van der Waals surface area contributed by atoms with Crippen molar-refractivity contribution in [2.24, 2.45) is 0 Å². The predicted octanol–water partition coefficient (Wildman–Crippen LogP) is 3.30. The fourth-order valence-electron chi connectivity index (χ4n) is 0.196. The summed E-state index contributed by atoms with van der Waals surface area (Å²) in [6.07, 6.45) is 0. The summed E-state index contributed by atoms with van der Waals surface area (Å²) in [4.78, 5) is 0. The molecule has 0 aromatic carbocycles. The van der Waals surface area contributed by atoms with Crippen molar-refractivity contribution in [3.05, 3.63) is 0 Å². The van der Waals surface area contributed by atoms with E-state index in [0.29, 0.717) is 0 Å². The zero-order valence-corrected chi connectivity index (χ0v) is 14.9. The van der Waals surface area contributed by atoms with Crippen molar-refractivity contribution in [1.29, 1.82) is 0 Å². The third kappa shape index (κ3) is 12.8. The predicted molar refractivity (Wildman–Crippen MR) is 73.2 cm³/mol. The van der Waals surface area contributed by atoms with E-state index in [1.54, 1.807) is 0 Å². The molecule has 0 atom stereocenters. The Labute approximate surface area is 95.1 Å². The van der Waals surface area contributed by atoms with Crippen LogP contribution >= 0.6 is 27.6 Å². The third-order valence-electron chi connectivity index (χ3n) is 0.514. The van der Waals surface area contributed by atoms with Gasteiger partial charge in [-0.25, -0.2) is 0 Å². The first-order valence-electron chi connectivity index (χ1n) is 2.93. The normalized spacial score (nSPS) is 13.5. The van der Waals surface area contributed by atoms with Crippen LogP contribution in [0.15, 0.2) is 0 Å². The molecular formula is C4H12P2S4Sn. The fourth-order valence-corrected chi connectivity index (χ4v) is 52.6. The molecular weight excluding hydrogens is 357 g/mol. The van der Waals surface area contributed by atoms with E-state index in [-0.39, 0.29) is 18.4 Å². The molecule has 0 fully saturated rings. The van der Waals surface area contributed by atoms with E-state index in [0.717, 1.165) is 0 Å². The van der Waals surface area contributed by atoms with Crippen LogP contribution < -0.4 is 0 Å². The maximum absolute atomic E-state index is 5.35. The van der Waals surface area contributed by atoms with Crippen molar-refractivity contribution in [1.82, 2.24) is 0 Å². The molecule has 0 amide bonds. The molecule has 7 heteroatoms. The van der Waals surface area contributed by atoms with Crippen LogP contribution in [0.25, 0.3) is 0 Å². The van der Waals surface area contributed by atoms with Gasteiger partial charge in [-0.3, -0.25) is 0 Å². The van der Waals surface area contributed by atoms with Gasteiger partial charge >= 0.3 is 96.3 Å². The topological polar surface area (TPSA) is 0 Å². The van der Waals surface area contributed by atoms with E-state index in [9.17, 15) is 0 Å². The Kier molecular flexibility index (Phi) is 7.06. The zero-order valence-electron chi connectivity index (χ0n) is 7.03. The maximum atomic E-state index is 5.35. The van der Waals surface area contributed by atoms with Crippen LogP contribution in [-0.4, -0.2) is 45.0 Å². The Hall–Kier alpha value is 2.80. The van der Waals surface area contributed by atoms with Crippen molar-refractivity contribution in [3.63, 3.8) is 0 Å². The Morgan fingerprint density at radius 3 is 1.36 bits per heavy atom. The molecule has 0 aromatic rings. The Balaban J connectivity index is 3.61. The van der Waals surface area contributed by atoms with Crippen LogP contribution in [0.5, 0.6) is 0 Å². The Bertz CT molecular complexity index is 182. The summed E-state index contributed by atoms with van der Waals surface area (Å²) < 4.78 is 0. The molecule has 11 heavy (non-hydrogen) atoms. The van der Waals surface area contributed by atoms with E-state index in [1.165, 1.54) is 0 Å². The molecule has 2 radical (unpaired) electrons. The summed E-state index contributed by atoms with van der Waals surface area (Å²) in [5.41, 5.74) is 0. The fraction of sp³-hybridized carbons (Fsp3) is 1.00. The summed E-state index contributed by atoms with van der Waals surface area (Å²) in [6.45, 7) is 8.85. The molecule has 66 valence electrons.